The van der Waals surface area contributed by atoms with E-state index >= 15 is 0 Å². The second-order valence-electron chi connectivity index (χ2n) is 5.14. The molecule has 1 aromatic carbocycles. The van der Waals surface area contributed by atoms with Gasteiger partial charge in [-0.15, -0.1) is 0 Å². The average molecular weight is 241 g/mol. The van der Waals surface area contributed by atoms with Crippen LogP contribution in [-0.2, 0) is 10.3 Å². The standard InChI is InChI=1S/C15H15NO2/c1-10-3-6-13-12(9-10)15(2,18-14(17)16-13)8-7-11-4-5-11/h3,6,9,11H,4-5H2,1-2H3,(H,16,17)/t15-/m0/s1. The average Bonchev–Trinajstić information content (AvgIpc) is 3.12. The Morgan fingerprint density at radius 1 is 1.44 bits per heavy atom. The summed E-state index contributed by atoms with van der Waals surface area (Å²) in [5.41, 5.74) is 2.04. The summed E-state index contributed by atoms with van der Waals surface area (Å²) >= 11 is 0. The van der Waals surface area contributed by atoms with Crippen molar-refractivity contribution >= 4 is 11.8 Å². The monoisotopic (exact) mass is 241 g/mol. The van der Waals surface area contributed by atoms with Crippen LogP contribution in [0.5, 0.6) is 0 Å². The third kappa shape index (κ3) is 1.95. The third-order valence-corrected chi connectivity index (χ3v) is 3.31. The highest BCUT2D eigenvalue weighted by Gasteiger charge is 2.36. The molecule has 1 saturated carbocycles. The zero-order chi connectivity index (χ0) is 12.8. The van der Waals surface area contributed by atoms with Crippen LogP contribution in [0.2, 0.25) is 0 Å². The minimum absolute atomic E-state index is 0.432. The zero-order valence-electron chi connectivity index (χ0n) is 10.5. The molecule has 18 heavy (non-hydrogen) atoms. The maximum Gasteiger partial charge on any atom is 0.413 e. The number of nitrogens with one attached hydrogen (secondary N) is 1. The lowest BCUT2D eigenvalue weighted by Gasteiger charge is -2.31. The third-order valence-electron chi connectivity index (χ3n) is 3.31. The molecule has 3 heteroatoms. The lowest BCUT2D eigenvalue weighted by Crippen LogP contribution is -2.36. The van der Waals surface area contributed by atoms with Gasteiger partial charge < -0.3 is 4.74 Å². The van der Waals surface area contributed by atoms with Crippen molar-refractivity contribution in [1.82, 2.24) is 0 Å². The van der Waals surface area contributed by atoms with Crippen LogP contribution in [0.25, 0.3) is 0 Å². The van der Waals surface area contributed by atoms with E-state index < -0.39 is 11.7 Å². The molecule has 1 fully saturated rings. The Bertz CT molecular complexity index is 578. The molecular weight excluding hydrogens is 226 g/mol. The van der Waals surface area contributed by atoms with Crippen LogP contribution in [0.3, 0.4) is 0 Å². The van der Waals surface area contributed by atoms with Crippen molar-refractivity contribution in [2.24, 2.45) is 5.92 Å². The number of carbonyl (C=O) groups excluding carboxylic acids is 1. The molecule has 1 heterocycles. The van der Waals surface area contributed by atoms with E-state index in [0.717, 1.165) is 29.7 Å². The van der Waals surface area contributed by atoms with E-state index in [4.69, 9.17) is 4.74 Å². The summed E-state index contributed by atoms with van der Waals surface area (Å²) in [6.45, 7) is 3.88. The van der Waals surface area contributed by atoms with Crippen LogP contribution >= 0.6 is 0 Å². The smallest absolute Gasteiger partial charge is 0.413 e. The van der Waals surface area contributed by atoms with Gasteiger partial charge in [0, 0.05) is 11.5 Å². The number of anilines is 1. The Morgan fingerprint density at radius 2 is 2.22 bits per heavy atom. The fraction of sp³-hybridized carbons (Fsp3) is 0.400. The van der Waals surface area contributed by atoms with Crippen LogP contribution in [0, 0.1) is 24.7 Å². The molecule has 1 aromatic rings. The number of benzene rings is 1. The quantitative estimate of drug-likeness (QED) is 0.708. The number of hydrogen-bond acceptors (Lipinski definition) is 2. The lowest BCUT2D eigenvalue weighted by atomic mass is 9.91. The molecule has 1 N–H and O–H groups in total. The highest BCUT2D eigenvalue weighted by molar-refractivity contribution is 5.89. The Kier molecular flexibility index (Phi) is 2.34. The first-order chi connectivity index (χ1) is 8.57. The summed E-state index contributed by atoms with van der Waals surface area (Å²) in [6.07, 6.45) is 1.89. The molecule has 2 aliphatic rings. The van der Waals surface area contributed by atoms with E-state index in [1.807, 2.05) is 32.0 Å². The summed E-state index contributed by atoms with van der Waals surface area (Å²) < 4.78 is 5.41. The van der Waals surface area contributed by atoms with Crippen LogP contribution in [0.15, 0.2) is 18.2 Å². The fourth-order valence-electron chi connectivity index (χ4n) is 2.10. The number of fused-ring (bicyclic) bond motifs is 1. The van der Waals surface area contributed by atoms with Gasteiger partial charge in [0.2, 0.25) is 0 Å². The van der Waals surface area contributed by atoms with Crippen molar-refractivity contribution in [2.45, 2.75) is 32.3 Å². The van der Waals surface area contributed by atoms with Crippen molar-refractivity contribution in [3.63, 3.8) is 0 Å². The molecule has 0 radical (unpaired) electrons. The minimum Gasteiger partial charge on any atom is -0.425 e. The molecule has 1 amide bonds. The predicted molar refractivity (Wildman–Crippen MR) is 69.1 cm³/mol. The molecule has 3 nitrogen and oxygen atoms in total. The summed E-state index contributed by atoms with van der Waals surface area (Å²) in [4.78, 5) is 11.6. The first-order valence-electron chi connectivity index (χ1n) is 6.21. The number of rotatable bonds is 0. The molecule has 1 atom stereocenters. The second-order valence-corrected chi connectivity index (χ2v) is 5.14. The first kappa shape index (κ1) is 11.2. The minimum atomic E-state index is -0.827. The summed E-state index contributed by atoms with van der Waals surface area (Å²) in [5.74, 6) is 6.82. The number of amides is 1. The Hall–Kier alpha value is -1.95. The van der Waals surface area contributed by atoms with Gasteiger partial charge in [0.25, 0.3) is 0 Å². The maximum absolute atomic E-state index is 11.6. The number of carbonyl (C=O) groups is 1. The van der Waals surface area contributed by atoms with Crippen molar-refractivity contribution < 1.29 is 9.53 Å². The molecule has 0 spiro atoms. The van der Waals surface area contributed by atoms with Gasteiger partial charge in [0.15, 0.2) is 5.60 Å². The van der Waals surface area contributed by atoms with Gasteiger partial charge in [-0.1, -0.05) is 23.5 Å². The van der Waals surface area contributed by atoms with E-state index in [9.17, 15) is 4.79 Å². The SMILES string of the molecule is Cc1ccc2c(c1)[C@](C)(C#CC1CC1)OC(=O)N2. The van der Waals surface area contributed by atoms with Gasteiger partial charge >= 0.3 is 6.09 Å². The van der Waals surface area contributed by atoms with Gasteiger partial charge in [-0.25, -0.2) is 4.79 Å². The normalized spacial score (nSPS) is 25.3. The maximum atomic E-state index is 11.6. The predicted octanol–water partition coefficient (Wildman–Crippen LogP) is 3.19. The molecule has 3 rings (SSSR count). The van der Waals surface area contributed by atoms with E-state index in [0.29, 0.717) is 5.92 Å². The van der Waals surface area contributed by atoms with Gasteiger partial charge in [0.1, 0.15) is 0 Å². The van der Waals surface area contributed by atoms with Crippen LogP contribution in [0.4, 0.5) is 10.5 Å². The summed E-state index contributed by atoms with van der Waals surface area (Å²) in [5, 5.41) is 2.72. The van der Waals surface area contributed by atoms with Gasteiger partial charge in [-0.2, -0.15) is 0 Å². The van der Waals surface area contributed by atoms with E-state index in [1.165, 1.54) is 0 Å². The van der Waals surface area contributed by atoms with Crippen LogP contribution < -0.4 is 5.32 Å². The first-order valence-corrected chi connectivity index (χ1v) is 6.21. The molecule has 0 saturated heterocycles. The van der Waals surface area contributed by atoms with Crippen LogP contribution in [-0.4, -0.2) is 6.09 Å². The molecule has 1 aliphatic heterocycles. The molecule has 0 aromatic heterocycles. The number of cyclic esters (lactones) is 1. The molecule has 1 aliphatic carbocycles. The highest BCUT2D eigenvalue weighted by atomic mass is 16.6. The largest absolute Gasteiger partial charge is 0.425 e. The summed E-state index contributed by atoms with van der Waals surface area (Å²) in [7, 11) is 0. The highest BCUT2D eigenvalue weighted by Crippen LogP contribution is 2.37. The van der Waals surface area contributed by atoms with Crippen molar-refractivity contribution in [1.29, 1.82) is 0 Å². The number of ether oxygens (including phenoxy) is 1. The molecular formula is C15H15NO2. The number of hydrogen-bond donors (Lipinski definition) is 1. The van der Waals surface area contributed by atoms with Gasteiger partial charge in [-0.05, 0) is 38.8 Å². The Balaban J connectivity index is 2.07. The fourth-order valence-corrected chi connectivity index (χ4v) is 2.10. The molecule has 0 bridgehead atoms. The van der Waals surface area contributed by atoms with Crippen molar-refractivity contribution in [3.8, 4) is 11.8 Å². The zero-order valence-corrected chi connectivity index (χ0v) is 10.5. The Morgan fingerprint density at radius 3 is 2.94 bits per heavy atom. The van der Waals surface area contributed by atoms with Gasteiger partial charge in [-0.3, -0.25) is 5.32 Å². The van der Waals surface area contributed by atoms with Gasteiger partial charge in [0.05, 0.1) is 5.69 Å². The lowest BCUT2D eigenvalue weighted by molar-refractivity contribution is 0.0713. The second kappa shape index (κ2) is 3.78. The van der Waals surface area contributed by atoms with Crippen molar-refractivity contribution in [3.05, 3.63) is 29.3 Å². The van der Waals surface area contributed by atoms with E-state index in [-0.39, 0.29) is 0 Å². The number of aryl methyl sites for hydroxylation is 1. The van der Waals surface area contributed by atoms with Crippen molar-refractivity contribution in [2.75, 3.05) is 5.32 Å². The van der Waals surface area contributed by atoms with E-state index in [2.05, 4.69) is 17.2 Å². The summed E-state index contributed by atoms with van der Waals surface area (Å²) in [6, 6.07) is 5.90. The molecule has 92 valence electrons. The molecule has 0 unspecified atom stereocenters. The topological polar surface area (TPSA) is 38.3 Å². The Labute approximate surface area is 107 Å². The van der Waals surface area contributed by atoms with Crippen LogP contribution in [0.1, 0.15) is 30.9 Å². The van der Waals surface area contributed by atoms with E-state index in [1.54, 1.807) is 0 Å².